The first-order valence-corrected chi connectivity index (χ1v) is 8.90. The van der Waals surface area contributed by atoms with E-state index < -0.39 is 10.0 Å². The monoisotopic (exact) mass is 334 g/mol. The van der Waals surface area contributed by atoms with Crippen LogP contribution in [0.1, 0.15) is 13.8 Å². The van der Waals surface area contributed by atoms with E-state index in [-0.39, 0.29) is 10.2 Å². The number of aromatic nitrogens is 3. The summed E-state index contributed by atoms with van der Waals surface area (Å²) in [5.74, 6) is 0.391. The van der Waals surface area contributed by atoms with Crippen molar-refractivity contribution in [2.24, 2.45) is 0 Å². The summed E-state index contributed by atoms with van der Waals surface area (Å²) in [5.41, 5.74) is 0. The maximum absolute atomic E-state index is 12.2. The summed E-state index contributed by atoms with van der Waals surface area (Å²) in [6.07, 6.45) is 0. The minimum atomic E-state index is -3.73. The van der Waals surface area contributed by atoms with Crippen LogP contribution in [0.2, 0.25) is 0 Å². The second kappa shape index (κ2) is 6.02. The van der Waals surface area contributed by atoms with Crippen molar-refractivity contribution >= 4 is 39.1 Å². The largest absolute Gasteiger partial charge is 0.494 e. The topological polar surface area (TPSA) is 97.0 Å². The first-order valence-electron chi connectivity index (χ1n) is 5.65. The van der Waals surface area contributed by atoms with Gasteiger partial charge >= 0.3 is 0 Å². The second-order valence-electron chi connectivity index (χ2n) is 4.02. The van der Waals surface area contributed by atoms with Crippen LogP contribution >= 0.6 is 23.1 Å². The molecule has 0 aliphatic rings. The number of nitrogens with one attached hydrogen (secondary N) is 2. The lowest BCUT2D eigenvalue weighted by Crippen LogP contribution is -2.13. The number of H-pyrrole nitrogens is 1. The van der Waals surface area contributed by atoms with E-state index in [1.165, 1.54) is 18.9 Å². The summed E-state index contributed by atoms with van der Waals surface area (Å²) in [6.45, 7) is 4.00. The van der Waals surface area contributed by atoms with Crippen molar-refractivity contribution in [2.45, 2.75) is 28.5 Å². The molecule has 10 heteroatoms. The Hall–Kier alpha value is -1.26. The molecule has 7 nitrogen and oxygen atoms in total. The van der Waals surface area contributed by atoms with Crippen LogP contribution in [-0.2, 0) is 10.0 Å². The van der Waals surface area contributed by atoms with Crippen LogP contribution in [0.15, 0.2) is 20.8 Å². The molecular formula is C10H14N4O3S3. The summed E-state index contributed by atoms with van der Waals surface area (Å²) in [6, 6.07) is 1.60. The third-order valence-electron chi connectivity index (χ3n) is 2.10. The van der Waals surface area contributed by atoms with Gasteiger partial charge in [-0.3, -0.25) is 0 Å². The summed E-state index contributed by atoms with van der Waals surface area (Å²) in [4.78, 5) is 4.07. The summed E-state index contributed by atoms with van der Waals surface area (Å²) in [7, 11) is -2.30. The lowest BCUT2D eigenvalue weighted by molar-refractivity contribution is 0.406. The molecule has 2 heterocycles. The minimum absolute atomic E-state index is 0.0867. The molecule has 0 saturated heterocycles. The van der Waals surface area contributed by atoms with E-state index in [9.17, 15) is 8.42 Å². The van der Waals surface area contributed by atoms with E-state index in [4.69, 9.17) is 4.74 Å². The highest BCUT2D eigenvalue weighted by Crippen LogP contribution is 2.30. The van der Waals surface area contributed by atoms with Gasteiger partial charge in [0.2, 0.25) is 11.1 Å². The quantitative estimate of drug-likeness (QED) is 0.786. The fourth-order valence-corrected chi connectivity index (χ4v) is 4.26. The highest BCUT2D eigenvalue weighted by molar-refractivity contribution is 7.99. The van der Waals surface area contributed by atoms with Crippen LogP contribution in [0, 0.1) is 0 Å². The van der Waals surface area contributed by atoms with Gasteiger partial charge in [0, 0.05) is 5.25 Å². The maximum Gasteiger partial charge on any atom is 0.277 e. The SMILES string of the molecule is COc1ccsc1S(=O)(=O)Nc1nc(SC(C)C)n[nH]1. The Morgan fingerprint density at radius 2 is 2.25 bits per heavy atom. The molecule has 0 unspecified atom stereocenters. The number of thioether (sulfide) groups is 1. The number of ether oxygens (including phenoxy) is 1. The average Bonchev–Trinajstić information content (AvgIpc) is 2.96. The molecule has 0 fully saturated rings. The zero-order valence-electron chi connectivity index (χ0n) is 11.1. The highest BCUT2D eigenvalue weighted by Gasteiger charge is 2.22. The molecule has 110 valence electrons. The van der Waals surface area contributed by atoms with Crippen LogP contribution in [-0.4, -0.2) is 36.0 Å². The first-order chi connectivity index (χ1) is 9.42. The Kier molecular flexibility index (Phi) is 4.55. The molecule has 0 aliphatic heterocycles. The van der Waals surface area contributed by atoms with Gasteiger partial charge in [-0.15, -0.1) is 16.4 Å². The van der Waals surface area contributed by atoms with E-state index in [0.717, 1.165) is 11.3 Å². The van der Waals surface area contributed by atoms with Crippen LogP contribution < -0.4 is 9.46 Å². The van der Waals surface area contributed by atoms with Gasteiger partial charge in [0.25, 0.3) is 10.0 Å². The smallest absolute Gasteiger partial charge is 0.277 e. The third kappa shape index (κ3) is 3.44. The number of thiophene rings is 1. The number of aromatic amines is 1. The average molecular weight is 334 g/mol. The van der Waals surface area contributed by atoms with Crippen LogP contribution in [0.3, 0.4) is 0 Å². The van der Waals surface area contributed by atoms with Crippen molar-refractivity contribution in [1.29, 1.82) is 0 Å². The van der Waals surface area contributed by atoms with E-state index in [1.807, 2.05) is 13.8 Å². The van der Waals surface area contributed by atoms with E-state index in [2.05, 4.69) is 19.9 Å². The van der Waals surface area contributed by atoms with Crippen molar-refractivity contribution in [3.8, 4) is 5.75 Å². The van der Waals surface area contributed by atoms with Crippen molar-refractivity contribution in [1.82, 2.24) is 15.2 Å². The highest BCUT2D eigenvalue weighted by atomic mass is 32.2. The number of nitrogens with zero attached hydrogens (tertiary/aromatic N) is 2. The number of hydrogen-bond acceptors (Lipinski definition) is 7. The molecule has 2 aromatic heterocycles. The lowest BCUT2D eigenvalue weighted by atomic mass is 10.6. The van der Waals surface area contributed by atoms with Crippen molar-refractivity contribution in [3.63, 3.8) is 0 Å². The fourth-order valence-electron chi connectivity index (χ4n) is 1.36. The van der Waals surface area contributed by atoms with Crippen molar-refractivity contribution in [3.05, 3.63) is 11.4 Å². The van der Waals surface area contributed by atoms with Gasteiger partial charge in [0.05, 0.1) is 7.11 Å². The van der Waals surface area contributed by atoms with E-state index >= 15 is 0 Å². The molecule has 2 N–H and O–H groups in total. The summed E-state index contributed by atoms with van der Waals surface area (Å²) < 4.78 is 31.9. The van der Waals surface area contributed by atoms with Crippen LogP contribution in [0.25, 0.3) is 0 Å². The molecule has 0 atom stereocenters. The molecule has 0 aliphatic carbocycles. The minimum Gasteiger partial charge on any atom is -0.494 e. The summed E-state index contributed by atoms with van der Waals surface area (Å²) in [5, 5.41) is 8.95. The van der Waals surface area contributed by atoms with Gasteiger partial charge in [-0.05, 0) is 11.4 Å². The normalized spacial score (nSPS) is 11.8. The number of anilines is 1. The van der Waals surface area contributed by atoms with Gasteiger partial charge in [-0.2, -0.15) is 4.98 Å². The fraction of sp³-hybridized carbons (Fsp3) is 0.400. The van der Waals surface area contributed by atoms with Gasteiger partial charge in [0.15, 0.2) is 4.21 Å². The van der Waals surface area contributed by atoms with E-state index in [1.54, 1.807) is 11.4 Å². The van der Waals surface area contributed by atoms with Gasteiger partial charge in [-0.1, -0.05) is 25.6 Å². The Morgan fingerprint density at radius 1 is 1.50 bits per heavy atom. The molecule has 20 heavy (non-hydrogen) atoms. The number of hydrogen-bond donors (Lipinski definition) is 2. The zero-order chi connectivity index (χ0) is 14.8. The Bertz CT molecular complexity index is 677. The van der Waals surface area contributed by atoms with Gasteiger partial charge in [0.1, 0.15) is 5.75 Å². The van der Waals surface area contributed by atoms with Crippen molar-refractivity contribution < 1.29 is 13.2 Å². The Labute approximate surface area is 125 Å². The first kappa shape index (κ1) is 15.1. The van der Waals surface area contributed by atoms with Gasteiger partial charge in [-0.25, -0.2) is 18.2 Å². The second-order valence-corrected chi connectivity index (χ2v) is 8.35. The van der Waals surface area contributed by atoms with Crippen molar-refractivity contribution in [2.75, 3.05) is 11.8 Å². The van der Waals surface area contributed by atoms with Crippen LogP contribution in [0.4, 0.5) is 5.95 Å². The molecule has 0 radical (unpaired) electrons. The molecule has 0 spiro atoms. The molecule has 2 rings (SSSR count). The predicted octanol–water partition coefficient (Wildman–Crippen LogP) is 2.18. The zero-order valence-corrected chi connectivity index (χ0v) is 13.5. The van der Waals surface area contributed by atoms with Crippen LogP contribution in [0.5, 0.6) is 5.75 Å². The molecule has 0 bridgehead atoms. The van der Waals surface area contributed by atoms with Gasteiger partial charge < -0.3 is 4.74 Å². The molecular weight excluding hydrogens is 320 g/mol. The molecule has 0 saturated carbocycles. The molecule has 0 amide bonds. The third-order valence-corrected chi connectivity index (χ3v) is 5.75. The van der Waals surface area contributed by atoms with E-state index in [0.29, 0.717) is 16.2 Å². The Morgan fingerprint density at radius 3 is 2.90 bits per heavy atom. The molecule has 0 aromatic carbocycles. The predicted molar refractivity (Wildman–Crippen MR) is 79.1 cm³/mol. The Balaban J connectivity index is 2.18. The molecule has 2 aromatic rings. The standard InChI is InChI=1S/C10H14N4O3S3/c1-6(2)19-10-11-9(12-13-10)14-20(15,16)8-7(17-3)4-5-18-8/h4-6H,1-3H3,(H2,11,12,13,14). The number of rotatable bonds is 6. The maximum atomic E-state index is 12.2. The lowest BCUT2D eigenvalue weighted by Gasteiger charge is -2.04. The summed E-state index contributed by atoms with van der Waals surface area (Å²) >= 11 is 2.52. The number of sulfonamides is 1. The number of methoxy groups -OCH3 is 1.